The highest BCUT2D eigenvalue weighted by molar-refractivity contribution is 14.0. The summed E-state index contributed by atoms with van der Waals surface area (Å²) in [6, 6.07) is 19.4. The number of ether oxygens (including phenoxy) is 2. The lowest BCUT2D eigenvalue weighted by atomic mass is 9.74. The molecule has 33 heavy (non-hydrogen) atoms. The Labute approximate surface area is 215 Å². The van der Waals surface area contributed by atoms with Crippen LogP contribution >= 0.6 is 24.0 Å². The SMILES string of the molecule is CCNC(=NCC1(c2ccccc2)CCOCC1)NC1CCN(c2ccccc2OC)C1.I. The minimum Gasteiger partial charge on any atom is -0.495 e. The smallest absolute Gasteiger partial charge is 0.191 e. The average Bonchev–Trinajstić information content (AvgIpc) is 3.32. The quantitative estimate of drug-likeness (QED) is 0.300. The van der Waals surface area contributed by atoms with Gasteiger partial charge in [-0.05, 0) is 43.9 Å². The Kier molecular flexibility index (Phi) is 9.67. The molecule has 4 rings (SSSR count). The highest BCUT2D eigenvalue weighted by atomic mass is 127. The van der Waals surface area contributed by atoms with Crippen LogP contribution < -0.4 is 20.3 Å². The van der Waals surface area contributed by atoms with Gasteiger partial charge in [0.1, 0.15) is 5.75 Å². The molecule has 0 amide bonds. The molecule has 0 radical (unpaired) electrons. The molecule has 2 fully saturated rings. The fourth-order valence-corrected chi connectivity index (χ4v) is 4.82. The Morgan fingerprint density at radius 3 is 2.58 bits per heavy atom. The third-order valence-electron chi connectivity index (χ3n) is 6.68. The van der Waals surface area contributed by atoms with Gasteiger partial charge in [-0.1, -0.05) is 42.5 Å². The lowest BCUT2D eigenvalue weighted by Gasteiger charge is -2.36. The van der Waals surface area contributed by atoms with Gasteiger partial charge in [0.25, 0.3) is 0 Å². The van der Waals surface area contributed by atoms with Gasteiger partial charge in [0.05, 0.1) is 19.3 Å². The van der Waals surface area contributed by atoms with Gasteiger partial charge in [0.2, 0.25) is 0 Å². The first-order valence-electron chi connectivity index (χ1n) is 11.8. The van der Waals surface area contributed by atoms with Crippen LogP contribution in [-0.4, -0.2) is 58.5 Å². The van der Waals surface area contributed by atoms with Gasteiger partial charge in [-0.2, -0.15) is 0 Å². The summed E-state index contributed by atoms with van der Waals surface area (Å²) in [6.07, 6.45) is 3.08. The normalized spacial score (nSPS) is 20.1. The number of methoxy groups -OCH3 is 1. The zero-order valence-electron chi connectivity index (χ0n) is 19.8. The second-order valence-electron chi connectivity index (χ2n) is 8.70. The fraction of sp³-hybridized carbons (Fsp3) is 0.500. The van der Waals surface area contributed by atoms with Crippen molar-refractivity contribution >= 4 is 35.6 Å². The van der Waals surface area contributed by atoms with Crippen LogP contribution in [0.3, 0.4) is 0 Å². The van der Waals surface area contributed by atoms with Gasteiger partial charge in [0.15, 0.2) is 5.96 Å². The Bertz CT molecular complexity index is 887. The maximum absolute atomic E-state index is 5.69. The van der Waals surface area contributed by atoms with Gasteiger partial charge in [0, 0.05) is 44.3 Å². The number of guanidine groups is 1. The van der Waals surface area contributed by atoms with Crippen LogP contribution in [0.5, 0.6) is 5.75 Å². The van der Waals surface area contributed by atoms with E-state index in [9.17, 15) is 0 Å². The Morgan fingerprint density at radius 1 is 1.12 bits per heavy atom. The second-order valence-corrected chi connectivity index (χ2v) is 8.70. The fourth-order valence-electron chi connectivity index (χ4n) is 4.82. The lowest BCUT2D eigenvalue weighted by Crippen LogP contribution is -2.46. The molecular weight excluding hydrogens is 527 g/mol. The molecule has 7 heteroatoms. The molecule has 0 saturated carbocycles. The summed E-state index contributed by atoms with van der Waals surface area (Å²) in [5.41, 5.74) is 2.57. The van der Waals surface area contributed by atoms with Crippen molar-refractivity contribution < 1.29 is 9.47 Å². The van der Waals surface area contributed by atoms with Crippen molar-refractivity contribution in [2.24, 2.45) is 4.99 Å². The summed E-state index contributed by atoms with van der Waals surface area (Å²) in [4.78, 5) is 7.47. The molecule has 1 atom stereocenters. The van der Waals surface area contributed by atoms with E-state index < -0.39 is 0 Å². The number of halogens is 1. The third kappa shape index (κ3) is 6.32. The average molecular weight is 565 g/mol. The summed E-state index contributed by atoms with van der Waals surface area (Å²) in [5, 5.41) is 7.15. The maximum atomic E-state index is 5.69. The van der Waals surface area contributed by atoms with E-state index in [0.29, 0.717) is 6.04 Å². The number of para-hydroxylation sites is 2. The van der Waals surface area contributed by atoms with Gasteiger partial charge in [-0.25, -0.2) is 0 Å². The first-order chi connectivity index (χ1) is 15.7. The molecule has 2 heterocycles. The van der Waals surface area contributed by atoms with Crippen molar-refractivity contribution in [3.8, 4) is 5.75 Å². The van der Waals surface area contributed by atoms with Gasteiger partial charge in [-0.15, -0.1) is 24.0 Å². The number of benzene rings is 2. The molecule has 2 aliphatic rings. The Hall–Kier alpha value is -2.00. The van der Waals surface area contributed by atoms with E-state index in [1.165, 1.54) is 5.56 Å². The summed E-state index contributed by atoms with van der Waals surface area (Å²) in [6.45, 7) is 7.25. The van der Waals surface area contributed by atoms with E-state index in [2.05, 4.69) is 64.9 Å². The molecule has 0 spiro atoms. The Balaban J connectivity index is 0.00000306. The standard InChI is InChI=1S/C26H36N4O2.HI/c1-3-27-25(28-20-26(14-17-32-18-15-26)21-9-5-4-6-10-21)29-22-13-16-30(19-22)23-11-7-8-12-24(23)31-2;/h4-12,22H,3,13-20H2,1-2H3,(H2,27,28,29);1H. The monoisotopic (exact) mass is 564 g/mol. The molecule has 0 aromatic heterocycles. The molecule has 2 aromatic rings. The second kappa shape index (κ2) is 12.5. The van der Waals surface area contributed by atoms with Crippen molar-refractivity contribution in [1.29, 1.82) is 0 Å². The van der Waals surface area contributed by atoms with E-state index in [0.717, 1.165) is 76.1 Å². The van der Waals surface area contributed by atoms with Crippen LogP contribution in [0.1, 0.15) is 31.7 Å². The van der Waals surface area contributed by atoms with Gasteiger partial charge in [-0.3, -0.25) is 4.99 Å². The molecule has 2 aliphatic heterocycles. The van der Waals surface area contributed by atoms with Crippen molar-refractivity contribution in [2.75, 3.05) is 51.4 Å². The summed E-state index contributed by atoms with van der Waals surface area (Å²) in [7, 11) is 1.74. The predicted octanol–water partition coefficient (Wildman–Crippen LogP) is 4.20. The number of nitrogens with one attached hydrogen (secondary N) is 2. The first kappa shape index (κ1) is 25.6. The van der Waals surface area contributed by atoms with Gasteiger partial charge >= 0.3 is 0 Å². The van der Waals surface area contributed by atoms with E-state index in [-0.39, 0.29) is 29.4 Å². The molecular formula is C26H37IN4O2. The van der Waals surface area contributed by atoms with Crippen molar-refractivity contribution in [2.45, 2.75) is 37.6 Å². The number of rotatable bonds is 7. The topological polar surface area (TPSA) is 58.1 Å². The summed E-state index contributed by atoms with van der Waals surface area (Å²) < 4.78 is 11.2. The van der Waals surface area contributed by atoms with Gasteiger partial charge < -0.3 is 25.0 Å². The molecule has 2 aromatic carbocycles. The highest BCUT2D eigenvalue weighted by Crippen LogP contribution is 2.35. The largest absolute Gasteiger partial charge is 0.495 e. The molecule has 0 aliphatic carbocycles. The van der Waals surface area contributed by atoms with Crippen LogP contribution in [-0.2, 0) is 10.2 Å². The predicted molar refractivity (Wildman–Crippen MR) is 146 cm³/mol. The number of hydrogen-bond acceptors (Lipinski definition) is 4. The van der Waals surface area contributed by atoms with Crippen molar-refractivity contribution in [3.05, 3.63) is 60.2 Å². The third-order valence-corrected chi connectivity index (χ3v) is 6.68. The number of anilines is 1. The molecule has 2 saturated heterocycles. The lowest BCUT2D eigenvalue weighted by molar-refractivity contribution is 0.0531. The van der Waals surface area contributed by atoms with E-state index in [1.54, 1.807) is 7.11 Å². The van der Waals surface area contributed by atoms with Crippen LogP contribution in [0.4, 0.5) is 5.69 Å². The minimum atomic E-state index is 0. The zero-order chi connectivity index (χ0) is 22.2. The zero-order valence-corrected chi connectivity index (χ0v) is 22.1. The van der Waals surface area contributed by atoms with Crippen LogP contribution in [0.2, 0.25) is 0 Å². The highest BCUT2D eigenvalue weighted by Gasteiger charge is 2.34. The van der Waals surface area contributed by atoms with Crippen LogP contribution in [0, 0.1) is 0 Å². The van der Waals surface area contributed by atoms with Crippen LogP contribution in [0.25, 0.3) is 0 Å². The summed E-state index contributed by atoms with van der Waals surface area (Å²) in [5.74, 6) is 1.83. The molecule has 0 bridgehead atoms. The van der Waals surface area contributed by atoms with E-state index in [1.807, 2.05) is 12.1 Å². The Morgan fingerprint density at radius 2 is 1.85 bits per heavy atom. The van der Waals surface area contributed by atoms with Crippen molar-refractivity contribution in [1.82, 2.24) is 10.6 Å². The molecule has 6 nitrogen and oxygen atoms in total. The minimum absolute atomic E-state index is 0. The molecule has 1 unspecified atom stereocenters. The number of nitrogens with zero attached hydrogens (tertiary/aromatic N) is 2. The first-order valence-corrected chi connectivity index (χ1v) is 11.8. The molecule has 180 valence electrons. The summed E-state index contributed by atoms with van der Waals surface area (Å²) >= 11 is 0. The van der Waals surface area contributed by atoms with Crippen LogP contribution in [0.15, 0.2) is 59.6 Å². The maximum Gasteiger partial charge on any atom is 0.191 e. The number of aliphatic imine (C=N–C) groups is 1. The number of hydrogen-bond donors (Lipinski definition) is 2. The molecule has 2 N–H and O–H groups in total. The van der Waals surface area contributed by atoms with E-state index in [4.69, 9.17) is 14.5 Å². The van der Waals surface area contributed by atoms with Crippen molar-refractivity contribution in [3.63, 3.8) is 0 Å². The van der Waals surface area contributed by atoms with E-state index >= 15 is 0 Å².